The van der Waals surface area contributed by atoms with Crippen molar-refractivity contribution in [3.63, 3.8) is 0 Å². The molecule has 0 saturated carbocycles. The summed E-state index contributed by atoms with van der Waals surface area (Å²) in [4.78, 5) is 2.50. The number of hydrogen-bond acceptors (Lipinski definition) is 4. The molecular formula is C21H29ClN2O2. The van der Waals surface area contributed by atoms with Crippen molar-refractivity contribution in [3.05, 3.63) is 59.7 Å². The van der Waals surface area contributed by atoms with Crippen LogP contribution in [0, 0.1) is 0 Å². The first kappa shape index (κ1) is 20.6. The predicted octanol–water partition coefficient (Wildman–Crippen LogP) is 3.88. The van der Waals surface area contributed by atoms with Gasteiger partial charge >= 0.3 is 0 Å². The number of hydrogen-bond donors (Lipinski definition) is 1. The van der Waals surface area contributed by atoms with Crippen LogP contribution in [0.2, 0.25) is 0 Å². The predicted molar refractivity (Wildman–Crippen MR) is 108 cm³/mol. The lowest BCUT2D eigenvalue weighted by atomic mass is 10.0. The SMILES string of the molecule is CNC1CCCN(Cc2ccc(OCc3ccccc3)c(OC)c2)C1.Cl. The van der Waals surface area contributed by atoms with E-state index in [-0.39, 0.29) is 12.4 Å². The lowest BCUT2D eigenvalue weighted by molar-refractivity contribution is 0.187. The van der Waals surface area contributed by atoms with E-state index < -0.39 is 0 Å². The van der Waals surface area contributed by atoms with Gasteiger partial charge in [0.05, 0.1) is 7.11 Å². The summed E-state index contributed by atoms with van der Waals surface area (Å²) >= 11 is 0. The highest BCUT2D eigenvalue weighted by Gasteiger charge is 2.18. The van der Waals surface area contributed by atoms with Crippen LogP contribution in [0.1, 0.15) is 24.0 Å². The maximum atomic E-state index is 5.94. The third kappa shape index (κ3) is 5.63. The van der Waals surface area contributed by atoms with Crippen molar-refractivity contribution in [2.75, 3.05) is 27.2 Å². The van der Waals surface area contributed by atoms with Gasteiger partial charge in [0, 0.05) is 19.1 Å². The molecule has 1 fully saturated rings. The van der Waals surface area contributed by atoms with E-state index in [1.54, 1.807) is 7.11 Å². The minimum Gasteiger partial charge on any atom is -0.493 e. The van der Waals surface area contributed by atoms with Crippen LogP contribution in [0.3, 0.4) is 0 Å². The molecular weight excluding hydrogens is 348 g/mol. The fourth-order valence-corrected chi connectivity index (χ4v) is 3.36. The molecule has 1 unspecified atom stereocenters. The highest BCUT2D eigenvalue weighted by atomic mass is 35.5. The molecule has 1 heterocycles. The topological polar surface area (TPSA) is 33.7 Å². The van der Waals surface area contributed by atoms with E-state index >= 15 is 0 Å². The fraction of sp³-hybridized carbons (Fsp3) is 0.429. The molecule has 4 nitrogen and oxygen atoms in total. The van der Waals surface area contributed by atoms with Crippen molar-refractivity contribution in [1.82, 2.24) is 10.2 Å². The van der Waals surface area contributed by atoms with Crippen molar-refractivity contribution in [3.8, 4) is 11.5 Å². The Morgan fingerprint density at radius 2 is 1.88 bits per heavy atom. The second-order valence-corrected chi connectivity index (χ2v) is 6.62. The number of benzene rings is 2. The van der Waals surface area contributed by atoms with Gasteiger partial charge in [-0.25, -0.2) is 0 Å². The Balaban J connectivity index is 0.00000243. The average molecular weight is 377 g/mol. The Morgan fingerprint density at radius 3 is 2.62 bits per heavy atom. The molecule has 0 aliphatic carbocycles. The Hall–Kier alpha value is -1.75. The number of halogens is 1. The lowest BCUT2D eigenvalue weighted by Gasteiger charge is -2.32. The quantitative estimate of drug-likeness (QED) is 0.795. The van der Waals surface area contributed by atoms with Crippen molar-refractivity contribution in [1.29, 1.82) is 0 Å². The maximum Gasteiger partial charge on any atom is 0.161 e. The molecule has 1 saturated heterocycles. The van der Waals surface area contributed by atoms with Gasteiger partial charge in [-0.3, -0.25) is 4.90 Å². The highest BCUT2D eigenvalue weighted by Crippen LogP contribution is 2.29. The van der Waals surface area contributed by atoms with Gasteiger partial charge in [-0.15, -0.1) is 12.4 Å². The van der Waals surface area contributed by atoms with E-state index in [4.69, 9.17) is 9.47 Å². The lowest BCUT2D eigenvalue weighted by Crippen LogP contribution is -2.43. The van der Waals surface area contributed by atoms with Gasteiger partial charge in [0.25, 0.3) is 0 Å². The summed E-state index contributed by atoms with van der Waals surface area (Å²) in [5.74, 6) is 1.59. The Bertz CT molecular complexity index is 666. The first-order valence-corrected chi connectivity index (χ1v) is 9.01. The van der Waals surface area contributed by atoms with Gasteiger partial charge in [0.2, 0.25) is 0 Å². The number of likely N-dealkylation sites (N-methyl/N-ethyl adjacent to an activating group) is 1. The number of methoxy groups -OCH3 is 1. The van der Waals surface area contributed by atoms with E-state index in [0.29, 0.717) is 12.6 Å². The summed E-state index contributed by atoms with van der Waals surface area (Å²) in [5, 5.41) is 3.40. The van der Waals surface area contributed by atoms with Gasteiger partial charge in [-0.2, -0.15) is 0 Å². The van der Waals surface area contributed by atoms with Crippen LogP contribution in [0.5, 0.6) is 11.5 Å². The second kappa shape index (κ2) is 10.4. The zero-order valence-electron chi connectivity index (χ0n) is 15.6. The molecule has 1 N–H and O–H groups in total. The largest absolute Gasteiger partial charge is 0.493 e. The molecule has 1 aliphatic rings. The van der Waals surface area contributed by atoms with Crippen LogP contribution >= 0.6 is 12.4 Å². The van der Waals surface area contributed by atoms with E-state index in [1.807, 2.05) is 24.3 Å². The number of likely N-dealkylation sites (tertiary alicyclic amines) is 1. The molecule has 0 spiro atoms. The van der Waals surface area contributed by atoms with Crippen LogP contribution in [-0.4, -0.2) is 38.2 Å². The zero-order chi connectivity index (χ0) is 17.5. The second-order valence-electron chi connectivity index (χ2n) is 6.62. The van der Waals surface area contributed by atoms with Crippen LogP contribution < -0.4 is 14.8 Å². The average Bonchev–Trinajstić information content (AvgIpc) is 2.67. The van der Waals surface area contributed by atoms with E-state index in [9.17, 15) is 0 Å². The number of nitrogens with one attached hydrogen (secondary N) is 1. The standard InChI is InChI=1S/C21H28N2O2.ClH/c1-22-19-9-6-12-23(15-19)14-18-10-11-20(21(13-18)24-2)25-16-17-7-4-3-5-8-17;/h3-5,7-8,10-11,13,19,22H,6,9,12,14-16H2,1-2H3;1H. The van der Waals surface area contributed by atoms with Crippen LogP contribution in [0.4, 0.5) is 0 Å². The summed E-state index contributed by atoms with van der Waals surface area (Å²) in [6.07, 6.45) is 2.52. The smallest absolute Gasteiger partial charge is 0.161 e. The third-order valence-electron chi connectivity index (χ3n) is 4.79. The Labute approximate surface area is 162 Å². The monoisotopic (exact) mass is 376 g/mol. The minimum atomic E-state index is 0. The molecule has 26 heavy (non-hydrogen) atoms. The molecule has 1 atom stereocenters. The molecule has 1 aliphatic heterocycles. The fourth-order valence-electron chi connectivity index (χ4n) is 3.36. The molecule has 5 heteroatoms. The zero-order valence-corrected chi connectivity index (χ0v) is 16.4. The summed E-state index contributed by atoms with van der Waals surface area (Å²) in [7, 11) is 3.75. The number of rotatable bonds is 7. The molecule has 0 aromatic heterocycles. The molecule has 0 amide bonds. The van der Waals surface area contributed by atoms with Crippen molar-refractivity contribution in [2.24, 2.45) is 0 Å². The molecule has 0 bridgehead atoms. The maximum absolute atomic E-state index is 5.94. The first-order chi connectivity index (χ1) is 12.3. The normalized spacial score (nSPS) is 17.4. The summed E-state index contributed by atoms with van der Waals surface area (Å²) in [5.41, 5.74) is 2.42. The van der Waals surface area contributed by atoms with Crippen molar-refractivity contribution in [2.45, 2.75) is 32.0 Å². The minimum absolute atomic E-state index is 0. The molecule has 2 aromatic carbocycles. The molecule has 2 aromatic rings. The molecule has 3 rings (SSSR count). The van der Waals surface area contributed by atoms with E-state index in [0.717, 1.165) is 36.7 Å². The van der Waals surface area contributed by atoms with Crippen molar-refractivity contribution < 1.29 is 9.47 Å². The summed E-state index contributed by atoms with van der Waals surface area (Å²) < 4.78 is 11.5. The van der Waals surface area contributed by atoms with E-state index in [2.05, 4.69) is 41.5 Å². The van der Waals surface area contributed by atoms with Gasteiger partial charge in [0.1, 0.15) is 6.61 Å². The van der Waals surface area contributed by atoms with Crippen LogP contribution in [0.25, 0.3) is 0 Å². The Morgan fingerprint density at radius 1 is 1.08 bits per heavy atom. The molecule has 142 valence electrons. The molecule has 0 radical (unpaired) electrons. The number of ether oxygens (including phenoxy) is 2. The van der Waals surface area contributed by atoms with Gasteiger partial charge in [-0.05, 0) is 49.7 Å². The Kier molecular flexibility index (Phi) is 8.23. The van der Waals surface area contributed by atoms with E-state index in [1.165, 1.54) is 18.4 Å². The number of piperidine rings is 1. The van der Waals surface area contributed by atoms with Gasteiger partial charge in [0.15, 0.2) is 11.5 Å². The van der Waals surface area contributed by atoms with Gasteiger partial charge < -0.3 is 14.8 Å². The van der Waals surface area contributed by atoms with Crippen LogP contribution in [0.15, 0.2) is 48.5 Å². The van der Waals surface area contributed by atoms with Gasteiger partial charge in [-0.1, -0.05) is 36.4 Å². The third-order valence-corrected chi connectivity index (χ3v) is 4.79. The number of nitrogens with zero attached hydrogens (tertiary/aromatic N) is 1. The summed E-state index contributed by atoms with van der Waals surface area (Å²) in [6, 6.07) is 17.1. The first-order valence-electron chi connectivity index (χ1n) is 9.01. The van der Waals surface area contributed by atoms with Crippen LogP contribution in [-0.2, 0) is 13.2 Å². The highest BCUT2D eigenvalue weighted by molar-refractivity contribution is 5.85. The summed E-state index contributed by atoms with van der Waals surface area (Å²) in [6.45, 7) is 3.76. The van der Waals surface area contributed by atoms with Crippen molar-refractivity contribution >= 4 is 12.4 Å².